The van der Waals surface area contributed by atoms with E-state index in [1.54, 1.807) is 38.4 Å². The third-order valence-electron chi connectivity index (χ3n) is 6.50. The van der Waals surface area contributed by atoms with Crippen LogP contribution in [0.1, 0.15) is 24.5 Å². The van der Waals surface area contributed by atoms with Crippen molar-refractivity contribution >= 4 is 11.6 Å². The molecule has 0 aliphatic carbocycles. The standard InChI is InChI=1S/C31H28F2N2O5/c1-3-38-29-17-31(37)35(2)18-24(29)23-16-22(8-11-27(23)40-28-10-7-21(32)15-25(28)33)34-30(36)14-19-6-9-26-20(13-19)5-4-12-39-26/h6-11,13,15-18H,3-5,12,14H2,1-2H3,(H,34,36). The lowest BCUT2D eigenvalue weighted by atomic mass is 10.0. The Morgan fingerprint density at radius 3 is 2.62 bits per heavy atom. The van der Waals surface area contributed by atoms with Crippen LogP contribution in [0.15, 0.2) is 71.7 Å². The molecule has 2 heterocycles. The molecule has 40 heavy (non-hydrogen) atoms. The van der Waals surface area contributed by atoms with Gasteiger partial charge in [0.25, 0.3) is 5.56 Å². The number of hydrogen-bond acceptors (Lipinski definition) is 5. The zero-order valence-corrected chi connectivity index (χ0v) is 22.1. The Balaban J connectivity index is 1.48. The zero-order valence-electron chi connectivity index (χ0n) is 22.1. The first-order chi connectivity index (χ1) is 19.3. The van der Waals surface area contributed by atoms with Crippen molar-refractivity contribution in [2.75, 3.05) is 18.5 Å². The van der Waals surface area contributed by atoms with E-state index in [0.717, 1.165) is 41.9 Å². The molecule has 9 heteroatoms. The van der Waals surface area contributed by atoms with E-state index in [2.05, 4.69) is 5.32 Å². The Hall–Kier alpha value is -4.66. The second kappa shape index (κ2) is 11.6. The molecule has 7 nitrogen and oxygen atoms in total. The number of amides is 1. The first-order valence-electron chi connectivity index (χ1n) is 13.0. The van der Waals surface area contributed by atoms with Gasteiger partial charge in [-0.2, -0.15) is 0 Å². The fraction of sp³-hybridized carbons (Fsp3) is 0.226. The molecule has 5 rings (SSSR count). The van der Waals surface area contributed by atoms with Gasteiger partial charge in [0.15, 0.2) is 11.6 Å². The highest BCUT2D eigenvalue weighted by atomic mass is 19.1. The van der Waals surface area contributed by atoms with Gasteiger partial charge in [0.2, 0.25) is 5.91 Å². The molecule has 0 spiro atoms. The van der Waals surface area contributed by atoms with Gasteiger partial charge in [-0.3, -0.25) is 9.59 Å². The van der Waals surface area contributed by atoms with Crippen LogP contribution in [0.5, 0.6) is 23.0 Å². The third kappa shape index (κ3) is 5.98. The van der Waals surface area contributed by atoms with Crippen molar-refractivity contribution in [3.63, 3.8) is 0 Å². The van der Waals surface area contributed by atoms with E-state index < -0.39 is 11.6 Å². The highest BCUT2D eigenvalue weighted by Crippen LogP contribution is 2.40. The fourth-order valence-electron chi connectivity index (χ4n) is 4.59. The average Bonchev–Trinajstić information content (AvgIpc) is 2.93. The van der Waals surface area contributed by atoms with Gasteiger partial charge in [0.1, 0.15) is 23.1 Å². The largest absolute Gasteiger partial charge is 0.493 e. The molecular formula is C31H28F2N2O5. The van der Waals surface area contributed by atoms with E-state index in [-0.39, 0.29) is 29.4 Å². The second-order valence-corrected chi connectivity index (χ2v) is 9.44. The molecule has 0 radical (unpaired) electrons. The molecule has 1 N–H and O–H groups in total. The molecule has 206 valence electrons. The molecule has 3 aromatic carbocycles. The van der Waals surface area contributed by atoms with Crippen LogP contribution in [0.25, 0.3) is 11.1 Å². The van der Waals surface area contributed by atoms with Crippen molar-refractivity contribution in [2.45, 2.75) is 26.2 Å². The van der Waals surface area contributed by atoms with Gasteiger partial charge < -0.3 is 24.1 Å². The summed E-state index contributed by atoms with van der Waals surface area (Å²) in [5, 5.41) is 2.91. The van der Waals surface area contributed by atoms with Gasteiger partial charge in [-0.15, -0.1) is 0 Å². The molecule has 0 unspecified atom stereocenters. The van der Waals surface area contributed by atoms with Crippen LogP contribution in [0.2, 0.25) is 0 Å². The number of halogens is 2. The molecule has 0 bridgehead atoms. The lowest BCUT2D eigenvalue weighted by Crippen LogP contribution is -2.16. The van der Waals surface area contributed by atoms with E-state index in [1.807, 2.05) is 18.2 Å². The van der Waals surface area contributed by atoms with Crippen molar-refractivity contribution in [1.29, 1.82) is 0 Å². The minimum atomic E-state index is -0.871. The van der Waals surface area contributed by atoms with Gasteiger partial charge in [0, 0.05) is 42.2 Å². The highest BCUT2D eigenvalue weighted by Gasteiger charge is 2.18. The molecule has 0 fully saturated rings. The number of aryl methyl sites for hydroxylation is 2. The number of pyridine rings is 1. The predicted octanol–water partition coefficient (Wildman–Crippen LogP) is 6.03. The monoisotopic (exact) mass is 546 g/mol. The topological polar surface area (TPSA) is 78.8 Å². The van der Waals surface area contributed by atoms with E-state index in [1.165, 1.54) is 16.7 Å². The molecule has 4 aromatic rings. The van der Waals surface area contributed by atoms with Crippen LogP contribution in [0, 0.1) is 11.6 Å². The number of hydrogen-bond donors (Lipinski definition) is 1. The quantitative estimate of drug-likeness (QED) is 0.292. The number of anilines is 1. The van der Waals surface area contributed by atoms with Crippen molar-refractivity contribution in [3.05, 3.63) is 100.0 Å². The average molecular weight is 547 g/mol. The van der Waals surface area contributed by atoms with E-state index >= 15 is 0 Å². The predicted molar refractivity (Wildman–Crippen MR) is 147 cm³/mol. The second-order valence-electron chi connectivity index (χ2n) is 9.44. The van der Waals surface area contributed by atoms with E-state index in [0.29, 0.717) is 35.8 Å². The van der Waals surface area contributed by atoms with Crippen LogP contribution >= 0.6 is 0 Å². The molecule has 0 saturated heterocycles. The number of ether oxygens (including phenoxy) is 3. The van der Waals surface area contributed by atoms with E-state index in [9.17, 15) is 18.4 Å². The number of benzene rings is 3. The first kappa shape index (κ1) is 26.9. The number of aromatic nitrogens is 1. The highest BCUT2D eigenvalue weighted by molar-refractivity contribution is 5.93. The number of fused-ring (bicyclic) bond motifs is 1. The number of nitrogens with zero attached hydrogens (tertiary/aromatic N) is 1. The Bertz CT molecular complexity index is 1630. The summed E-state index contributed by atoms with van der Waals surface area (Å²) >= 11 is 0. The summed E-state index contributed by atoms with van der Waals surface area (Å²) in [5.74, 6) is -0.635. The number of carbonyl (C=O) groups excluding carboxylic acids is 1. The maximum Gasteiger partial charge on any atom is 0.254 e. The third-order valence-corrected chi connectivity index (χ3v) is 6.50. The Morgan fingerprint density at radius 1 is 1.00 bits per heavy atom. The van der Waals surface area contributed by atoms with Crippen molar-refractivity contribution in [1.82, 2.24) is 4.57 Å². The van der Waals surface area contributed by atoms with Gasteiger partial charge >= 0.3 is 0 Å². The van der Waals surface area contributed by atoms with Gasteiger partial charge in [0.05, 0.1) is 19.6 Å². The van der Waals surface area contributed by atoms with Crippen LogP contribution in [-0.2, 0) is 24.7 Å². The molecule has 1 amide bonds. The minimum Gasteiger partial charge on any atom is -0.493 e. The van der Waals surface area contributed by atoms with Crippen molar-refractivity contribution in [3.8, 4) is 34.1 Å². The Morgan fingerprint density at radius 2 is 1.82 bits per heavy atom. The summed E-state index contributed by atoms with van der Waals surface area (Å²) in [6.45, 7) is 2.78. The summed E-state index contributed by atoms with van der Waals surface area (Å²) in [4.78, 5) is 25.3. The number of rotatable bonds is 8. The van der Waals surface area contributed by atoms with Gasteiger partial charge in [-0.05, 0) is 67.3 Å². The Labute approximate surface area is 229 Å². The summed E-state index contributed by atoms with van der Waals surface area (Å²) in [6, 6.07) is 15.0. The Kier molecular flexibility index (Phi) is 7.82. The summed E-state index contributed by atoms with van der Waals surface area (Å²) < 4.78 is 46.5. The van der Waals surface area contributed by atoms with Crippen molar-refractivity contribution < 1.29 is 27.8 Å². The van der Waals surface area contributed by atoms with E-state index in [4.69, 9.17) is 14.2 Å². The maximum atomic E-state index is 14.5. The lowest BCUT2D eigenvalue weighted by Gasteiger charge is -2.18. The molecule has 0 atom stereocenters. The maximum absolute atomic E-state index is 14.5. The van der Waals surface area contributed by atoms with Gasteiger partial charge in [-0.1, -0.05) is 12.1 Å². The van der Waals surface area contributed by atoms with Crippen LogP contribution in [0.4, 0.5) is 14.5 Å². The van der Waals surface area contributed by atoms with Crippen LogP contribution in [-0.4, -0.2) is 23.7 Å². The zero-order chi connectivity index (χ0) is 28.2. The minimum absolute atomic E-state index is 0.158. The normalized spacial score (nSPS) is 12.3. The van der Waals surface area contributed by atoms with Gasteiger partial charge in [-0.25, -0.2) is 8.78 Å². The SMILES string of the molecule is CCOc1cc(=O)n(C)cc1-c1cc(NC(=O)Cc2ccc3c(c2)CCCO3)ccc1Oc1ccc(F)cc1F. The lowest BCUT2D eigenvalue weighted by molar-refractivity contribution is -0.115. The first-order valence-corrected chi connectivity index (χ1v) is 13.0. The summed E-state index contributed by atoms with van der Waals surface area (Å²) in [7, 11) is 1.59. The summed E-state index contributed by atoms with van der Waals surface area (Å²) in [6.07, 6.45) is 3.59. The molecule has 1 aliphatic heterocycles. The molecule has 1 aliphatic rings. The van der Waals surface area contributed by atoms with Crippen LogP contribution < -0.4 is 25.1 Å². The fourth-order valence-corrected chi connectivity index (χ4v) is 4.59. The number of nitrogens with one attached hydrogen (secondary N) is 1. The molecule has 1 aromatic heterocycles. The summed E-state index contributed by atoms with van der Waals surface area (Å²) in [5.41, 5.74) is 3.07. The van der Waals surface area contributed by atoms with Crippen LogP contribution in [0.3, 0.4) is 0 Å². The smallest absolute Gasteiger partial charge is 0.254 e. The molecular weight excluding hydrogens is 518 g/mol. The van der Waals surface area contributed by atoms with Crippen molar-refractivity contribution in [2.24, 2.45) is 7.05 Å². The molecule has 0 saturated carbocycles. The number of carbonyl (C=O) groups is 1.